The van der Waals surface area contributed by atoms with E-state index in [1.54, 1.807) is 0 Å². The van der Waals surface area contributed by atoms with Crippen LogP contribution in [0.15, 0.2) is 18.2 Å². The summed E-state index contributed by atoms with van der Waals surface area (Å²) < 4.78 is 0. The average molecular weight is 320 g/mol. The molecule has 0 aliphatic carbocycles. The van der Waals surface area contributed by atoms with E-state index >= 15 is 0 Å². The van der Waals surface area contributed by atoms with Gasteiger partial charge in [-0.05, 0) is 94.1 Å². The summed E-state index contributed by atoms with van der Waals surface area (Å²) in [6, 6.07) is 6.41. The molecule has 4 heteroatoms. The zero-order valence-electron chi connectivity index (χ0n) is 14.1. The molecular weight excluding hydrogens is 290 g/mol. The summed E-state index contributed by atoms with van der Waals surface area (Å²) in [5.41, 5.74) is 3.58. The van der Waals surface area contributed by atoms with E-state index in [2.05, 4.69) is 54.5 Å². The summed E-state index contributed by atoms with van der Waals surface area (Å²) >= 11 is 5.37. The highest BCUT2D eigenvalue weighted by molar-refractivity contribution is 7.80. The highest BCUT2D eigenvalue weighted by Crippen LogP contribution is 2.16. The van der Waals surface area contributed by atoms with Gasteiger partial charge in [-0.1, -0.05) is 13.0 Å². The van der Waals surface area contributed by atoms with Crippen LogP contribution < -0.4 is 10.6 Å². The quantitative estimate of drug-likeness (QED) is 0.639. The summed E-state index contributed by atoms with van der Waals surface area (Å²) in [6.07, 6.45) is 3.84. The Kier molecular flexibility index (Phi) is 6.65. The molecule has 22 heavy (non-hydrogen) atoms. The van der Waals surface area contributed by atoms with Crippen LogP contribution in [0.1, 0.15) is 37.3 Å². The lowest BCUT2D eigenvalue weighted by atomic mass is 9.99. The molecule has 1 heterocycles. The number of hydrogen-bond acceptors (Lipinski definition) is 2. The molecule has 1 aromatic carbocycles. The van der Waals surface area contributed by atoms with Crippen LogP contribution in [0, 0.1) is 19.8 Å². The van der Waals surface area contributed by atoms with Gasteiger partial charge in [0.25, 0.3) is 0 Å². The number of rotatable bonds is 5. The molecule has 3 nitrogen and oxygen atoms in total. The second kappa shape index (κ2) is 8.49. The minimum absolute atomic E-state index is 0.720. The zero-order valence-corrected chi connectivity index (χ0v) is 14.9. The minimum atomic E-state index is 0.720. The van der Waals surface area contributed by atoms with Gasteiger partial charge in [-0.15, -0.1) is 0 Å². The first kappa shape index (κ1) is 17.2. The molecule has 0 spiro atoms. The second-order valence-electron chi connectivity index (χ2n) is 6.64. The molecule has 0 atom stereocenters. The van der Waals surface area contributed by atoms with Crippen molar-refractivity contribution in [1.82, 2.24) is 10.2 Å². The number of anilines is 1. The predicted molar refractivity (Wildman–Crippen MR) is 99.6 cm³/mol. The van der Waals surface area contributed by atoms with Crippen molar-refractivity contribution in [3.05, 3.63) is 29.3 Å². The van der Waals surface area contributed by atoms with E-state index in [-0.39, 0.29) is 0 Å². The Labute approximate surface area is 140 Å². The maximum Gasteiger partial charge on any atom is 0.170 e. The number of nitrogens with one attached hydrogen (secondary N) is 2. The van der Waals surface area contributed by atoms with Gasteiger partial charge in [-0.25, -0.2) is 0 Å². The fourth-order valence-corrected chi connectivity index (χ4v) is 3.23. The van der Waals surface area contributed by atoms with Crippen LogP contribution >= 0.6 is 12.2 Å². The number of nitrogens with zero attached hydrogens (tertiary/aromatic N) is 1. The highest BCUT2D eigenvalue weighted by atomic mass is 32.1. The third kappa shape index (κ3) is 5.93. The van der Waals surface area contributed by atoms with E-state index in [1.807, 2.05) is 0 Å². The molecule has 1 aromatic rings. The summed E-state index contributed by atoms with van der Waals surface area (Å²) in [5.74, 6) is 0.906. The molecule has 0 radical (unpaired) electrons. The van der Waals surface area contributed by atoms with Crippen LogP contribution in [-0.4, -0.2) is 36.2 Å². The van der Waals surface area contributed by atoms with Crippen LogP contribution in [0.5, 0.6) is 0 Å². The van der Waals surface area contributed by atoms with Crippen molar-refractivity contribution in [2.75, 3.05) is 31.5 Å². The average Bonchev–Trinajstić information content (AvgIpc) is 2.44. The van der Waals surface area contributed by atoms with Crippen LogP contribution in [-0.2, 0) is 0 Å². The molecule has 1 aliphatic heterocycles. The fourth-order valence-electron chi connectivity index (χ4n) is 3.01. The Morgan fingerprint density at radius 2 is 1.82 bits per heavy atom. The SMILES string of the molecule is Cc1cc(C)cc(NC(=S)NCCCN2CCC(C)CC2)c1. The lowest BCUT2D eigenvalue weighted by Crippen LogP contribution is -2.36. The first-order chi connectivity index (χ1) is 10.5. The van der Waals surface area contributed by atoms with Crippen LogP contribution in [0.2, 0.25) is 0 Å². The highest BCUT2D eigenvalue weighted by Gasteiger charge is 2.14. The van der Waals surface area contributed by atoms with Crippen molar-refractivity contribution in [2.24, 2.45) is 5.92 Å². The number of aryl methyl sites for hydroxylation is 2. The molecule has 0 aromatic heterocycles. The molecule has 0 bridgehead atoms. The summed E-state index contributed by atoms with van der Waals surface area (Å²) in [5, 5.41) is 7.31. The van der Waals surface area contributed by atoms with Gasteiger partial charge in [0.15, 0.2) is 5.11 Å². The van der Waals surface area contributed by atoms with Crippen LogP contribution in [0.3, 0.4) is 0 Å². The third-order valence-corrected chi connectivity index (χ3v) is 4.54. The topological polar surface area (TPSA) is 27.3 Å². The molecule has 2 N–H and O–H groups in total. The molecule has 1 fully saturated rings. The molecule has 122 valence electrons. The third-order valence-electron chi connectivity index (χ3n) is 4.29. The molecule has 1 aliphatic rings. The Hall–Kier alpha value is -1.13. The monoisotopic (exact) mass is 319 g/mol. The minimum Gasteiger partial charge on any atom is -0.362 e. The summed E-state index contributed by atoms with van der Waals surface area (Å²) in [4.78, 5) is 2.57. The largest absolute Gasteiger partial charge is 0.362 e. The maximum absolute atomic E-state index is 5.37. The van der Waals surface area contributed by atoms with Crippen molar-refractivity contribution in [3.8, 4) is 0 Å². The van der Waals surface area contributed by atoms with E-state index in [1.165, 1.54) is 43.6 Å². The van der Waals surface area contributed by atoms with E-state index in [0.29, 0.717) is 0 Å². The van der Waals surface area contributed by atoms with Gasteiger partial charge >= 0.3 is 0 Å². The number of thiocarbonyl (C=S) groups is 1. The van der Waals surface area contributed by atoms with Gasteiger partial charge in [-0.2, -0.15) is 0 Å². The lowest BCUT2D eigenvalue weighted by Gasteiger charge is -2.30. The fraction of sp³-hybridized carbons (Fsp3) is 0.611. The van der Waals surface area contributed by atoms with Gasteiger partial charge in [0.05, 0.1) is 0 Å². The molecule has 0 unspecified atom stereocenters. The number of benzene rings is 1. The van der Waals surface area contributed by atoms with E-state index < -0.39 is 0 Å². The van der Waals surface area contributed by atoms with Crippen molar-refractivity contribution >= 4 is 23.0 Å². The second-order valence-corrected chi connectivity index (χ2v) is 7.04. The van der Waals surface area contributed by atoms with Gasteiger partial charge in [0.2, 0.25) is 0 Å². The van der Waals surface area contributed by atoms with Crippen LogP contribution in [0.25, 0.3) is 0 Å². The van der Waals surface area contributed by atoms with Crippen molar-refractivity contribution in [3.63, 3.8) is 0 Å². The van der Waals surface area contributed by atoms with Gasteiger partial charge in [0, 0.05) is 12.2 Å². The smallest absolute Gasteiger partial charge is 0.170 e. The lowest BCUT2D eigenvalue weighted by molar-refractivity contribution is 0.191. The van der Waals surface area contributed by atoms with Gasteiger partial charge in [0.1, 0.15) is 0 Å². The predicted octanol–water partition coefficient (Wildman–Crippen LogP) is 3.71. The van der Waals surface area contributed by atoms with Crippen molar-refractivity contribution in [2.45, 2.75) is 40.0 Å². The molecular formula is C18H29N3S. The molecule has 2 rings (SSSR count). The molecule has 0 amide bonds. The Balaban J connectivity index is 1.63. The Bertz CT molecular complexity index is 473. The maximum atomic E-state index is 5.37. The molecule has 0 saturated carbocycles. The summed E-state index contributed by atoms with van der Waals surface area (Å²) in [6.45, 7) is 11.2. The first-order valence-corrected chi connectivity index (χ1v) is 8.79. The summed E-state index contributed by atoms with van der Waals surface area (Å²) in [7, 11) is 0. The number of piperidine rings is 1. The van der Waals surface area contributed by atoms with E-state index in [9.17, 15) is 0 Å². The molecule has 1 saturated heterocycles. The van der Waals surface area contributed by atoms with Crippen LogP contribution in [0.4, 0.5) is 5.69 Å². The number of likely N-dealkylation sites (tertiary alicyclic amines) is 1. The van der Waals surface area contributed by atoms with Crippen molar-refractivity contribution in [1.29, 1.82) is 0 Å². The van der Waals surface area contributed by atoms with Crippen molar-refractivity contribution < 1.29 is 0 Å². The van der Waals surface area contributed by atoms with E-state index in [4.69, 9.17) is 12.2 Å². The van der Waals surface area contributed by atoms with Gasteiger partial charge in [-0.3, -0.25) is 0 Å². The number of hydrogen-bond donors (Lipinski definition) is 2. The van der Waals surface area contributed by atoms with Gasteiger partial charge < -0.3 is 15.5 Å². The Morgan fingerprint density at radius 3 is 2.45 bits per heavy atom. The standard InChI is InChI=1S/C18H29N3S/c1-14-5-9-21(10-6-14)8-4-7-19-18(22)20-17-12-15(2)11-16(3)13-17/h11-14H,4-10H2,1-3H3,(H2,19,20,22). The Morgan fingerprint density at radius 1 is 1.18 bits per heavy atom. The van der Waals surface area contributed by atoms with E-state index in [0.717, 1.165) is 29.7 Å². The first-order valence-electron chi connectivity index (χ1n) is 8.38. The normalized spacial score (nSPS) is 16.5. The zero-order chi connectivity index (χ0) is 15.9.